The van der Waals surface area contributed by atoms with Crippen LogP contribution >= 0.6 is 0 Å². The molecule has 1 unspecified atom stereocenters. The normalized spacial score (nSPS) is 19.5. The number of anilines is 1. The molecule has 3 aromatic rings. The van der Waals surface area contributed by atoms with Gasteiger partial charge in [-0.25, -0.2) is 9.59 Å². The summed E-state index contributed by atoms with van der Waals surface area (Å²) < 4.78 is 4.49. The summed E-state index contributed by atoms with van der Waals surface area (Å²) in [5.74, 6) is -1.42. The van der Waals surface area contributed by atoms with Gasteiger partial charge in [0.15, 0.2) is 5.82 Å². The van der Waals surface area contributed by atoms with Crippen LogP contribution in [-0.2, 0) is 21.5 Å². The predicted octanol–water partition coefficient (Wildman–Crippen LogP) is 1.36. The summed E-state index contributed by atoms with van der Waals surface area (Å²) in [6.45, 7) is -0.417. The van der Waals surface area contributed by atoms with Gasteiger partial charge in [-0.05, 0) is 36.1 Å². The Hall–Kier alpha value is -4.21. The van der Waals surface area contributed by atoms with Crippen molar-refractivity contribution in [3.63, 3.8) is 0 Å². The van der Waals surface area contributed by atoms with Gasteiger partial charge in [0.25, 0.3) is 5.91 Å². The molecule has 5 rings (SSSR count). The lowest BCUT2D eigenvalue weighted by Crippen LogP contribution is -2.42. The molecule has 156 valence electrons. The fraction of sp³-hybridized carbons (Fsp3) is 0.190. The SMILES string of the molecule is O=C(CN1C(=O)NC2(CCc3ccccc32)C1=O)Nc1cccc(-c2noc(=O)[nH]2)c1. The smallest absolute Gasteiger partial charge is 0.325 e. The number of nitrogens with one attached hydrogen (secondary N) is 3. The minimum atomic E-state index is -1.10. The molecule has 31 heavy (non-hydrogen) atoms. The van der Waals surface area contributed by atoms with Crippen LogP contribution in [-0.4, -0.2) is 39.4 Å². The molecular weight excluding hydrogens is 402 g/mol. The number of aryl methyl sites for hydroxylation is 1. The molecule has 1 fully saturated rings. The fourth-order valence-electron chi connectivity index (χ4n) is 4.18. The Kier molecular flexibility index (Phi) is 4.21. The Morgan fingerprint density at radius 3 is 2.81 bits per heavy atom. The summed E-state index contributed by atoms with van der Waals surface area (Å²) >= 11 is 0. The molecule has 1 aliphatic carbocycles. The molecule has 3 N–H and O–H groups in total. The Morgan fingerprint density at radius 2 is 2.00 bits per heavy atom. The van der Waals surface area contributed by atoms with E-state index in [1.165, 1.54) is 0 Å². The number of nitrogens with zero attached hydrogens (tertiary/aromatic N) is 2. The summed E-state index contributed by atoms with van der Waals surface area (Å²) in [5.41, 5.74) is 1.64. The molecule has 0 saturated carbocycles. The number of benzene rings is 2. The number of aromatic nitrogens is 2. The maximum atomic E-state index is 13.1. The number of imide groups is 1. The van der Waals surface area contributed by atoms with Crippen LogP contribution in [0.2, 0.25) is 0 Å². The first-order valence-corrected chi connectivity index (χ1v) is 9.65. The quantitative estimate of drug-likeness (QED) is 0.546. The third kappa shape index (κ3) is 3.08. The number of carbonyl (C=O) groups excluding carboxylic acids is 3. The van der Waals surface area contributed by atoms with E-state index in [0.29, 0.717) is 24.1 Å². The second kappa shape index (κ2) is 6.94. The Balaban J connectivity index is 1.32. The molecule has 4 amide bonds. The predicted molar refractivity (Wildman–Crippen MR) is 108 cm³/mol. The van der Waals surface area contributed by atoms with Crippen LogP contribution in [0.15, 0.2) is 57.8 Å². The van der Waals surface area contributed by atoms with Crippen molar-refractivity contribution >= 4 is 23.5 Å². The lowest BCUT2D eigenvalue weighted by Gasteiger charge is -2.22. The average Bonchev–Trinajstić information content (AvgIpc) is 3.42. The monoisotopic (exact) mass is 419 g/mol. The first kappa shape index (κ1) is 18.8. The zero-order chi connectivity index (χ0) is 21.6. The van der Waals surface area contributed by atoms with Gasteiger partial charge in [0, 0.05) is 11.3 Å². The van der Waals surface area contributed by atoms with E-state index in [0.717, 1.165) is 16.0 Å². The van der Waals surface area contributed by atoms with Crippen LogP contribution in [0.3, 0.4) is 0 Å². The van der Waals surface area contributed by atoms with Crippen LogP contribution < -0.4 is 16.4 Å². The van der Waals surface area contributed by atoms with Gasteiger partial charge in [0.05, 0.1) is 0 Å². The standard InChI is InChI=1S/C21H17N5O5/c27-16(22-14-6-3-5-13(10-14)17-23-20(30)31-25-17)11-26-18(28)21(24-19(26)29)9-8-12-4-1-2-7-15(12)21/h1-7,10H,8-9,11H2,(H,22,27)(H,24,29)(H,23,25,30). The highest BCUT2D eigenvalue weighted by Crippen LogP contribution is 2.41. The molecular formula is C21H17N5O5. The van der Waals surface area contributed by atoms with Crippen LogP contribution in [0.25, 0.3) is 11.4 Å². The molecule has 2 heterocycles. The van der Waals surface area contributed by atoms with Gasteiger partial charge >= 0.3 is 11.8 Å². The molecule has 2 aromatic carbocycles. The third-order valence-electron chi connectivity index (χ3n) is 5.58. The second-order valence-corrected chi connectivity index (χ2v) is 7.46. The molecule has 1 aliphatic heterocycles. The van der Waals surface area contributed by atoms with Crippen molar-refractivity contribution in [3.8, 4) is 11.4 Å². The highest BCUT2D eigenvalue weighted by Gasteiger charge is 2.55. The van der Waals surface area contributed by atoms with E-state index in [9.17, 15) is 19.2 Å². The summed E-state index contributed by atoms with van der Waals surface area (Å²) in [5, 5.41) is 9.06. The van der Waals surface area contributed by atoms with Gasteiger partial charge in [-0.3, -0.25) is 24.0 Å². The van der Waals surface area contributed by atoms with E-state index in [2.05, 4.69) is 25.3 Å². The number of amides is 4. The molecule has 1 aromatic heterocycles. The molecule has 1 atom stereocenters. The number of aromatic amines is 1. The molecule has 1 saturated heterocycles. The maximum absolute atomic E-state index is 13.1. The first-order chi connectivity index (χ1) is 15.0. The van der Waals surface area contributed by atoms with Crippen LogP contribution in [0.5, 0.6) is 0 Å². The largest absolute Gasteiger partial charge is 0.439 e. The number of rotatable bonds is 4. The number of carbonyl (C=O) groups is 3. The first-order valence-electron chi connectivity index (χ1n) is 9.65. The van der Waals surface area contributed by atoms with E-state index < -0.39 is 35.7 Å². The van der Waals surface area contributed by atoms with Crippen LogP contribution in [0.1, 0.15) is 17.5 Å². The summed E-state index contributed by atoms with van der Waals surface area (Å²) in [4.78, 5) is 52.8. The van der Waals surface area contributed by atoms with E-state index >= 15 is 0 Å². The van der Waals surface area contributed by atoms with E-state index in [1.807, 2.05) is 24.3 Å². The van der Waals surface area contributed by atoms with Gasteiger partial charge in [0.2, 0.25) is 5.91 Å². The Labute approximate surface area is 175 Å². The maximum Gasteiger partial charge on any atom is 0.439 e. The van der Waals surface area contributed by atoms with Gasteiger partial charge in [-0.2, -0.15) is 0 Å². The van der Waals surface area contributed by atoms with Gasteiger partial charge < -0.3 is 10.6 Å². The molecule has 0 radical (unpaired) electrons. The number of H-pyrrole nitrogens is 1. The average molecular weight is 419 g/mol. The van der Waals surface area contributed by atoms with Gasteiger partial charge in [0.1, 0.15) is 12.1 Å². The van der Waals surface area contributed by atoms with Crippen LogP contribution in [0.4, 0.5) is 10.5 Å². The van der Waals surface area contributed by atoms with Crippen molar-refractivity contribution in [1.29, 1.82) is 0 Å². The van der Waals surface area contributed by atoms with E-state index in [4.69, 9.17) is 0 Å². The van der Waals surface area contributed by atoms with Gasteiger partial charge in [-0.15, -0.1) is 0 Å². The van der Waals surface area contributed by atoms with E-state index in [1.54, 1.807) is 24.3 Å². The molecule has 1 spiro atoms. The zero-order valence-electron chi connectivity index (χ0n) is 16.2. The number of hydrogen-bond donors (Lipinski definition) is 3. The van der Waals surface area contributed by atoms with Crippen molar-refractivity contribution in [2.24, 2.45) is 0 Å². The topological polar surface area (TPSA) is 137 Å². The lowest BCUT2D eigenvalue weighted by molar-refractivity contribution is -0.134. The minimum absolute atomic E-state index is 0.219. The second-order valence-electron chi connectivity index (χ2n) is 7.46. The van der Waals surface area contributed by atoms with Crippen molar-refractivity contribution in [2.45, 2.75) is 18.4 Å². The number of hydrogen-bond acceptors (Lipinski definition) is 6. The highest BCUT2D eigenvalue weighted by atomic mass is 16.5. The van der Waals surface area contributed by atoms with E-state index in [-0.39, 0.29) is 5.82 Å². The van der Waals surface area contributed by atoms with Crippen molar-refractivity contribution in [3.05, 3.63) is 70.2 Å². The van der Waals surface area contributed by atoms with Crippen molar-refractivity contribution in [2.75, 3.05) is 11.9 Å². The number of fused-ring (bicyclic) bond motifs is 2. The molecule has 10 heteroatoms. The Bertz CT molecular complexity index is 1280. The molecule has 10 nitrogen and oxygen atoms in total. The molecule has 2 aliphatic rings. The summed E-state index contributed by atoms with van der Waals surface area (Å²) in [6.07, 6.45) is 1.14. The van der Waals surface area contributed by atoms with Crippen molar-refractivity contribution in [1.82, 2.24) is 20.4 Å². The number of urea groups is 1. The highest BCUT2D eigenvalue weighted by molar-refractivity contribution is 6.11. The fourth-order valence-corrected chi connectivity index (χ4v) is 4.18. The molecule has 0 bridgehead atoms. The zero-order valence-corrected chi connectivity index (χ0v) is 16.2. The summed E-state index contributed by atoms with van der Waals surface area (Å²) in [6, 6.07) is 13.5. The van der Waals surface area contributed by atoms with Crippen LogP contribution in [0, 0.1) is 0 Å². The summed E-state index contributed by atoms with van der Waals surface area (Å²) in [7, 11) is 0. The minimum Gasteiger partial charge on any atom is -0.325 e. The van der Waals surface area contributed by atoms with Gasteiger partial charge in [-0.1, -0.05) is 41.6 Å². The lowest BCUT2D eigenvalue weighted by atomic mass is 9.92. The van der Waals surface area contributed by atoms with Crippen molar-refractivity contribution < 1.29 is 18.9 Å². The Morgan fingerprint density at radius 1 is 1.16 bits per heavy atom. The third-order valence-corrected chi connectivity index (χ3v) is 5.58.